The molecule has 0 saturated carbocycles. The van der Waals surface area contributed by atoms with Crippen LogP contribution in [0, 0.1) is 0 Å². The third kappa shape index (κ3) is 7.17. The monoisotopic (exact) mass is 567 g/mol. The van der Waals surface area contributed by atoms with Crippen LogP contribution in [0.25, 0.3) is 11.0 Å². The average molecular weight is 568 g/mol. The van der Waals surface area contributed by atoms with Crippen molar-refractivity contribution in [3.8, 4) is 23.1 Å². The maximum atomic E-state index is 6.28. The Morgan fingerprint density at radius 2 is 1.33 bits per heavy atom. The van der Waals surface area contributed by atoms with Gasteiger partial charge in [-0.2, -0.15) is 4.98 Å². The molecular weight excluding hydrogens is 526 g/mol. The van der Waals surface area contributed by atoms with E-state index in [4.69, 9.17) is 15.2 Å². The lowest BCUT2D eigenvalue weighted by Crippen LogP contribution is -2.47. The molecule has 2 aliphatic rings. The van der Waals surface area contributed by atoms with Gasteiger partial charge in [-0.15, -0.1) is 0 Å². The molecule has 9 heteroatoms. The van der Waals surface area contributed by atoms with Crippen LogP contribution in [-0.4, -0.2) is 94.7 Å². The van der Waals surface area contributed by atoms with Crippen LogP contribution >= 0.6 is 0 Å². The molecule has 42 heavy (non-hydrogen) atoms. The molecule has 0 amide bonds. The normalized spacial score (nSPS) is 17.7. The maximum Gasteiger partial charge on any atom is 0.247 e. The zero-order valence-electron chi connectivity index (χ0n) is 24.2. The van der Waals surface area contributed by atoms with Crippen molar-refractivity contribution >= 4 is 11.0 Å². The summed E-state index contributed by atoms with van der Waals surface area (Å²) >= 11 is 0. The van der Waals surface area contributed by atoms with Crippen LogP contribution in [0.1, 0.15) is 18.9 Å². The number of para-hydroxylation sites is 1. The molecule has 2 aliphatic heterocycles. The van der Waals surface area contributed by atoms with E-state index in [0.717, 1.165) is 101 Å². The molecule has 2 aromatic heterocycles. The predicted molar refractivity (Wildman–Crippen MR) is 166 cm³/mol. The smallest absolute Gasteiger partial charge is 0.247 e. The molecule has 4 aromatic rings. The van der Waals surface area contributed by atoms with E-state index in [1.807, 2.05) is 54.6 Å². The summed E-state index contributed by atoms with van der Waals surface area (Å²) < 4.78 is 14.5. The second kappa shape index (κ2) is 13.9. The lowest BCUT2D eigenvalue weighted by molar-refractivity contribution is 0.145. The van der Waals surface area contributed by atoms with Gasteiger partial charge in [0.25, 0.3) is 0 Å². The number of piperidine rings is 1. The van der Waals surface area contributed by atoms with E-state index < -0.39 is 0 Å². The Bertz CT molecular complexity index is 1420. The molecule has 0 aliphatic carbocycles. The summed E-state index contributed by atoms with van der Waals surface area (Å²) in [5.41, 5.74) is 7.55. The molecule has 0 radical (unpaired) electrons. The molecule has 0 spiro atoms. The fourth-order valence-electron chi connectivity index (χ4n) is 5.86. The molecule has 2 fully saturated rings. The Morgan fingerprint density at radius 1 is 0.714 bits per heavy atom. The second-order valence-corrected chi connectivity index (χ2v) is 11.1. The number of nitrogens with zero attached hydrogens (tertiary/aromatic N) is 6. The second-order valence-electron chi connectivity index (χ2n) is 11.1. The Kier molecular flexibility index (Phi) is 9.41. The average Bonchev–Trinajstić information content (AvgIpc) is 3.47. The Balaban J connectivity index is 1.02. The van der Waals surface area contributed by atoms with Crippen molar-refractivity contribution in [3.63, 3.8) is 0 Å². The molecule has 0 bridgehead atoms. The SMILES string of the molecule is NCCN1CCN(CC=CCN2CCC(n3ccc4ncnc(Oc5ccc(Oc6ccccc6)cc5)c43)CC2)CC1. The number of ether oxygens (including phenoxy) is 2. The summed E-state index contributed by atoms with van der Waals surface area (Å²) in [5, 5.41) is 0. The quantitative estimate of drug-likeness (QED) is 0.259. The van der Waals surface area contributed by atoms with E-state index in [1.165, 1.54) is 0 Å². The van der Waals surface area contributed by atoms with Crippen molar-refractivity contribution < 1.29 is 9.47 Å². The zero-order chi connectivity index (χ0) is 28.6. The molecule has 0 atom stereocenters. The fourth-order valence-corrected chi connectivity index (χ4v) is 5.86. The predicted octanol–water partition coefficient (Wildman–Crippen LogP) is 4.79. The molecule has 4 heterocycles. The largest absolute Gasteiger partial charge is 0.457 e. The van der Waals surface area contributed by atoms with Crippen LogP contribution in [-0.2, 0) is 0 Å². The van der Waals surface area contributed by atoms with E-state index in [-0.39, 0.29) is 0 Å². The Hall–Kier alpha value is -3.76. The summed E-state index contributed by atoms with van der Waals surface area (Å²) in [6.07, 6.45) is 10.6. The number of rotatable bonds is 11. The van der Waals surface area contributed by atoms with Crippen LogP contribution in [0.3, 0.4) is 0 Å². The van der Waals surface area contributed by atoms with Gasteiger partial charge in [-0.3, -0.25) is 14.7 Å². The van der Waals surface area contributed by atoms with E-state index in [2.05, 4.69) is 53.7 Å². The lowest BCUT2D eigenvalue weighted by Gasteiger charge is -2.34. The van der Waals surface area contributed by atoms with Crippen LogP contribution in [0.15, 0.2) is 85.3 Å². The first-order valence-corrected chi connectivity index (χ1v) is 15.1. The summed E-state index contributed by atoms with van der Waals surface area (Å²) in [6, 6.07) is 19.8. The van der Waals surface area contributed by atoms with Gasteiger partial charge in [-0.1, -0.05) is 30.4 Å². The maximum absolute atomic E-state index is 6.28. The highest BCUT2D eigenvalue weighted by Crippen LogP contribution is 2.33. The first-order chi connectivity index (χ1) is 20.7. The van der Waals surface area contributed by atoms with E-state index in [0.29, 0.717) is 17.7 Å². The molecule has 6 rings (SSSR count). The zero-order valence-corrected chi connectivity index (χ0v) is 24.2. The van der Waals surface area contributed by atoms with Gasteiger partial charge in [0.1, 0.15) is 29.1 Å². The molecule has 9 nitrogen and oxygen atoms in total. The Morgan fingerprint density at radius 3 is 2.02 bits per heavy atom. The standard InChI is InChI=1S/C33H41N7O2/c34-15-21-39-24-22-38(23-25-39)17-5-4-16-37-18-12-27(13-19-37)40-20-14-31-32(40)33(36-26-35-31)42-30-10-8-29(9-11-30)41-28-6-2-1-3-7-28/h1-11,14,20,26-27H,12-13,15-19,21-25,34H2. The molecule has 2 aromatic carbocycles. The van der Waals surface area contributed by atoms with Gasteiger partial charge in [-0.05, 0) is 55.3 Å². The van der Waals surface area contributed by atoms with Crippen LogP contribution in [0.2, 0.25) is 0 Å². The highest BCUT2D eigenvalue weighted by atomic mass is 16.5. The number of hydrogen-bond acceptors (Lipinski definition) is 8. The first kappa shape index (κ1) is 28.4. The number of benzene rings is 2. The number of piperazine rings is 1. The van der Waals surface area contributed by atoms with E-state index in [1.54, 1.807) is 6.33 Å². The van der Waals surface area contributed by atoms with Gasteiger partial charge < -0.3 is 19.8 Å². The third-order valence-electron chi connectivity index (χ3n) is 8.24. The van der Waals surface area contributed by atoms with Gasteiger partial charge in [0.2, 0.25) is 5.88 Å². The number of hydrogen-bond donors (Lipinski definition) is 1. The minimum absolute atomic E-state index is 0.391. The number of aromatic nitrogens is 3. The Labute approximate surface area is 248 Å². The van der Waals surface area contributed by atoms with Gasteiger partial charge in [0.05, 0.1) is 5.52 Å². The highest BCUT2D eigenvalue weighted by Gasteiger charge is 2.23. The third-order valence-corrected chi connectivity index (χ3v) is 8.24. The van der Waals surface area contributed by atoms with Crippen molar-refractivity contribution in [1.82, 2.24) is 29.2 Å². The summed E-state index contributed by atoms with van der Waals surface area (Å²) in [4.78, 5) is 16.6. The number of fused-ring (bicyclic) bond motifs is 1. The fraction of sp³-hybridized carbons (Fsp3) is 0.394. The highest BCUT2D eigenvalue weighted by molar-refractivity contribution is 5.81. The van der Waals surface area contributed by atoms with Gasteiger partial charge >= 0.3 is 0 Å². The van der Waals surface area contributed by atoms with Crippen LogP contribution in [0.4, 0.5) is 0 Å². The summed E-state index contributed by atoms with van der Waals surface area (Å²) in [6.45, 7) is 10.5. The summed E-state index contributed by atoms with van der Waals surface area (Å²) in [5.74, 6) is 2.85. The molecule has 2 saturated heterocycles. The van der Waals surface area contributed by atoms with Crippen LogP contribution in [0.5, 0.6) is 23.1 Å². The van der Waals surface area contributed by atoms with Gasteiger partial charge in [0, 0.05) is 77.7 Å². The van der Waals surface area contributed by atoms with Crippen molar-refractivity contribution in [3.05, 3.63) is 85.3 Å². The van der Waals surface area contributed by atoms with Gasteiger partial charge in [-0.25, -0.2) is 4.98 Å². The number of nitrogens with two attached hydrogens (primary N) is 1. The van der Waals surface area contributed by atoms with E-state index >= 15 is 0 Å². The topological polar surface area (TPSA) is 84.9 Å². The lowest BCUT2D eigenvalue weighted by atomic mass is 10.0. The van der Waals surface area contributed by atoms with Crippen LogP contribution < -0.4 is 15.2 Å². The summed E-state index contributed by atoms with van der Waals surface area (Å²) in [7, 11) is 0. The van der Waals surface area contributed by atoms with E-state index in [9.17, 15) is 0 Å². The molecule has 220 valence electrons. The van der Waals surface area contributed by atoms with Crippen molar-refractivity contribution in [2.24, 2.45) is 5.73 Å². The van der Waals surface area contributed by atoms with Crippen molar-refractivity contribution in [2.45, 2.75) is 18.9 Å². The van der Waals surface area contributed by atoms with Gasteiger partial charge in [0.15, 0.2) is 0 Å². The minimum Gasteiger partial charge on any atom is -0.457 e. The molecular formula is C33H41N7O2. The first-order valence-electron chi connectivity index (χ1n) is 15.1. The number of likely N-dealkylation sites (tertiary alicyclic amines) is 1. The molecule has 0 unspecified atom stereocenters. The van der Waals surface area contributed by atoms with Crippen molar-refractivity contribution in [1.29, 1.82) is 0 Å². The minimum atomic E-state index is 0.391. The van der Waals surface area contributed by atoms with Crippen molar-refractivity contribution in [2.75, 3.05) is 65.4 Å². The molecule has 2 N–H and O–H groups in total.